The van der Waals surface area contributed by atoms with Crippen LogP contribution >= 0.6 is 0 Å². The fraction of sp³-hybridized carbons (Fsp3) is 0.211. The van der Waals surface area contributed by atoms with E-state index in [1.54, 1.807) is 0 Å². The van der Waals surface area contributed by atoms with E-state index in [4.69, 9.17) is 4.42 Å². The van der Waals surface area contributed by atoms with Gasteiger partial charge in [-0.3, -0.25) is 10.1 Å². The maximum atomic E-state index is 12.1. The minimum absolute atomic E-state index is 0.109. The standard InChI is InChI=1S/C19H19N3O2/c1-13(2)15-10-8-14(9-11-15)12-17(23)20-19-22-21-18(24-19)16-6-4-3-5-7-16/h3-11,13H,12H2,1-2H3,(H,20,22,23). The van der Waals surface area contributed by atoms with Crippen LogP contribution in [0.1, 0.15) is 30.9 Å². The van der Waals surface area contributed by atoms with Gasteiger partial charge in [-0.25, -0.2) is 0 Å². The van der Waals surface area contributed by atoms with Gasteiger partial charge in [0.05, 0.1) is 6.42 Å². The molecule has 24 heavy (non-hydrogen) atoms. The summed E-state index contributed by atoms with van der Waals surface area (Å²) in [4.78, 5) is 12.1. The summed E-state index contributed by atoms with van der Waals surface area (Å²) in [5.41, 5.74) is 3.01. The van der Waals surface area contributed by atoms with Crippen molar-refractivity contribution in [1.29, 1.82) is 0 Å². The van der Waals surface area contributed by atoms with Gasteiger partial charge in [-0.05, 0) is 29.2 Å². The van der Waals surface area contributed by atoms with Crippen molar-refractivity contribution in [2.75, 3.05) is 5.32 Å². The molecule has 1 amide bonds. The topological polar surface area (TPSA) is 68.0 Å². The molecule has 3 rings (SSSR count). The molecule has 0 saturated heterocycles. The van der Waals surface area contributed by atoms with E-state index in [1.807, 2.05) is 54.6 Å². The summed E-state index contributed by atoms with van der Waals surface area (Å²) in [5.74, 6) is 0.672. The third kappa shape index (κ3) is 3.87. The largest absolute Gasteiger partial charge is 0.403 e. The van der Waals surface area contributed by atoms with E-state index in [-0.39, 0.29) is 18.3 Å². The molecule has 5 heteroatoms. The van der Waals surface area contributed by atoms with Gasteiger partial charge in [0.1, 0.15) is 0 Å². The highest BCUT2D eigenvalue weighted by atomic mass is 16.4. The number of hydrogen-bond acceptors (Lipinski definition) is 4. The van der Waals surface area contributed by atoms with Gasteiger partial charge in [0.15, 0.2) is 0 Å². The van der Waals surface area contributed by atoms with Crippen LogP contribution in [0, 0.1) is 0 Å². The van der Waals surface area contributed by atoms with Crippen LogP contribution in [0.25, 0.3) is 11.5 Å². The van der Waals surface area contributed by atoms with E-state index in [9.17, 15) is 4.79 Å². The van der Waals surface area contributed by atoms with Gasteiger partial charge in [-0.2, -0.15) is 0 Å². The van der Waals surface area contributed by atoms with Crippen molar-refractivity contribution in [3.63, 3.8) is 0 Å². The van der Waals surface area contributed by atoms with E-state index in [2.05, 4.69) is 29.4 Å². The van der Waals surface area contributed by atoms with Crippen molar-refractivity contribution in [3.05, 3.63) is 65.7 Å². The second kappa shape index (κ2) is 7.08. The Morgan fingerprint density at radius 3 is 2.42 bits per heavy atom. The molecule has 5 nitrogen and oxygen atoms in total. The molecule has 122 valence electrons. The molecule has 0 unspecified atom stereocenters. The predicted molar refractivity (Wildman–Crippen MR) is 92.6 cm³/mol. The van der Waals surface area contributed by atoms with Crippen LogP contribution in [0.3, 0.4) is 0 Å². The van der Waals surface area contributed by atoms with Gasteiger partial charge in [-0.1, -0.05) is 61.4 Å². The Balaban J connectivity index is 1.62. The number of benzene rings is 2. The second-order valence-electron chi connectivity index (χ2n) is 5.90. The number of hydrogen-bond donors (Lipinski definition) is 1. The zero-order valence-electron chi connectivity index (χ0n) is 13.7. The van der Waals surface area contributed by atoms with Crippen molar-refractivity contribution in [3.8, 4) is 11.5 Å². The second-order valence-corrected chi connectivity index (χ2v) is 5.90. The van der Waals surface area contributed by atoms with Gasteiger partial charge < -0.3 is 4.42 Å². The van der Waals surface area contributed by atoms with Crippen molar-refractivity contribution in [1.82, 2.24) is 10.2 Å². The van der Waals surface area contributed by atoms with E-state index in [0.29, 0.717) is 11.8 Å². The smallest absolute Gasteiger partial charge is 0.322 e. The Morgan fingerprint density at radius 1 is 1.04 bits per heavy atom. The van der Waals surface area contributed by atoms with Crippen LogP contribution in [0.5, 0.6) is 0 Å². The highest BCUT2D eigenvalue weighted by molar-refractivity contribution is 5.90. The lowest BCUT2D eigenvalue weighted by atomic mass is 10.0. The number of rotatable bonds is 5. The maximum absolute atomic E-state index is 12.1. The van der Waals surface area contributed by atoms with Crippen molar-refractivity contribution < 1.29 is 9.21 Å². The lowest BCUT2D eigenvalue weighted by Gasteiger charge is -2.06. The van der Waals surface area contributed by atoms with Crippen molar-refractivity contribution in [2.24, 2.45) is 0 Å². The molecular formula is C19H19N3O2. The molecule has 0 spiro atoms. The first kappa shape index (κ1) is 15.9. The van der Waals surface area contributed by atoms with Crippen LogP contribution in [0.4, 0.5) is 6.01 Å². The number of carbonyl (C=O) groups excluding carboxylic acids is 1. The molecule has 0 aliphatic heterocycles. The molecule has 0 bridgehead atoms. The van der Waals surface area contributed by atoms with Gasteiger partial charge in [0.25, 0.3) is 0 Å². The monoisotopic (exact) mass is 321 g/mol. The molecule has 0 aliphatic carbocycles. The molecule has 0 atom stereocenters. The molecule has 0 aliphatic rings. The first-order valence-electron chi connectivity index (χ1n) is 7.89. The average Bonchev–Trinajstić information content (AvgIpc) is 3.04. The third-order valence-corrected chi connectivity index (χ3v) is 3.70. The summed E-state index contributed by atoms with van der Waals surface area (Å²) in [6, 6.07) is 17.6. The molecule has 0 fully saturated rings. The Bertz CT molecular complexity index is 808. The van der Waals surface area contributed by atoms with Crippen molar-refractivity contribution in [2.45, 2.75) is 26.2 Å². The third-order valence-electron chi connectivity index (χ3n) is 3.70. The number of amides is 1. The van der Waals surface area contributed by atoms with Gasteiger partial charge in [-0.15, -0.1) is 5.10 Å². The number of nitrogens with zero attached hydrogens (tertiary/aromatic N) is 2. The van der Waals surface area contributed by atoms with Crippen LogP contribution in [0.2, 0.25) is 0 Å². The molecular weight excluding hydrogens is 302 g/mol. The predicted octanol–water partition coefficient (Wildman–Crippen LogP) is 4.04. The maximum Gasteiger partial charge on any atom is 0.322 e. The highest BCUT2D eigenvalue weighted by Crippen LogP contribution is 2.19. The molecule has 2 aromatic carbocycles. The van der Waals surface area contributed by atoms with Crippen LogP contribution < -0.4 is 5.32 Å². The van der Waals surface area contributed by atoms with Gasteiger partial charge >= 0.3 is 6.01 Å². The quantitative estimate of drug-likeness (QED) is 0.770. The van der Waals surface area contributed by atoms with Crippen LogP contribution in [-0.2, 0) is 11.2 Å². The lowest BCUT2D eigenvalue weighted by Crippen LogP contribution is -2.14. The summed E-state index contributed by atoms with van der Waals surface area (Å²) in [6.45, 7) is 4.28. The summed E-state index contributed by atoms with van der Waals surface area (Å²) in [6.07, 6.45) is 0.265. The molecule has 1 heterocycles. The molecule has 1 aromatic heterocycles. The Morgan fingerprint density at radius 2 is 1.75 bits per heavy atom. The zero-order chi connectivity index (χ0) is 16.9. The Labute approximate surface area is 140 Å². The minimum Gasteiger partial charge on any atom is -0.403 e. The van der Waals surface area contributed by atoms with Gasteiger partial charge in [0, 0.05) is 5.56 Å². The molecule has 0 radical (unpaired) electrons. The fourth-order valence-corrected chi connectivity index (χ4v) is 2.34. The fourth-order valence-electron chi connectivity index (χ4n) is 2.34. The number of anilines is 1. The SMILES string of the molecule is CC(C)c1ccc(CC(=O)Nc2nnc(-c3ccccc3)o2)cc1. The number of carbonyl (C=O) groups is 1. The first-order valence-corrected chi connectivity index (χ1v) is 7.89. The normalized spacial score (nSPS) is 10.8. The summed E-state index contributed by atoms with van der Waals surface area (Å²) < 4.78 is 5.47. The molecule has 0 saturated carbocycles. The van der Waals surface area contributed by atoms with Gasteiger partial charge in [0.2, 0.25) is 11.8 Å². The van der Waals surface area contributed by atoms with Crippen LogP contribution in [0.15, 0.2) is 59.0 Å². The first-order chi connectivity index (χ1) is 11.6. The zero-order valence-corrected chi connectivity index (χ0v) is 13.7. The van der Waals surface area contributed by atoms with E-state index in [1.165, 1.54) is 5.56 Å². The molecule has 1 N–H and O–H groups in total. The number of aromatic nitrogens is 2. The molecule has 3 aromatic rings. The lowest BCUT2D eigenvalue weighted by molar-refractivity contribution is -0.115. The Kier molecular flexibility index (Phi) is 4.70. The Hall–Kier alpha value is -2.95. The van der Waals surface area contributed by atoms with E-state index >= 15 is 0 Å². The van der Waals surface area contributed by atoms with Crippen LogP contribution in [-0.4, -0.2) is 16.1 Å². The van der Waals surface area contributed by atoms with E-state index in [0.717, 1.165) is 11.1 Å². The average molecular weight is 321 g/mol. The van der Waals surface area contributed by atoms with Crippen molar-refractivity contribution >= 4 is 11.9 Å². The van der Waals surface area contributed by atoms with E-state index < -0.39 is 0 Å². The number of nitrogens with one attached hydrogen (secondary N) is 1. The summed E-state index contributed by atoms with van der Waals surface area (Å²) in [5, 5.41) is 10.4. The summed E-state index contributed by atoms with van der Waals surface area (Å²) >= 11 is 0. The minimum atomic E-state index is -0.185. The summed E-state index contributed by atoms with van der Waals surface area (Å²) in [7, 11) is 0. The highest BCUT2D eigenvalue weighted by Gasteiger charge is 2.11.